The Bertz CT molecular complexity index is 589. The molecule has 1 N–H and O–H groups in total. The van der Waals surface area contributed by atoms with Crippen LogP contribution in [0.3, 0.4) is 0 Å². The molecule has 0 aliphatic heterocycles. The molecule has 0 aromatic heterocycles. The van der Waals surface area contributed by atoms with E-state index in [0.717, 1.165) is 12.2 Å². The first-order valence-electron chi connectivity index (χ1n) is 7.28. The molecular formula is C18H25NO. The zero-order valence-electron chi connectivity index (χ0n) is 13.2. The van der Waals surface area contributed by atoms with Crippen molar-refractivity contribution in [3.8, 4) is 5.75 Å². The van der Waals surface area contributed by atoms with Crippen LogP contribution in [0.25, 0.3) is 10.8 Å². The third-order valence-electron chi connectivity index (χ3n) is 4.43. The van der Waals surface area contributed by atoms with Gasteiger partial charge in [-0.15, -0.1) is 0 Å². The van der Waals surface area contributed by atoms with Gasteiger partial charge in [0.1, 0.15) is 5.75 Å². The lowest BCUT2D eigenvalue weighted by Gasteiger charge is -2.34. The summed E-state index contributed by atoms with van der Waals surface area (Å²) in [6.07, 6.45) is 1.12. The van der Waals surface area contributed by atoms with E-state index in [-0.39, 0.29) is 5.41 Å². The predicted molar refractivity (Wildman–Crippen MR) is 86.4 cm³/mol. The van der Waals surface area contributed by atoms with Gasteiger partial charge in [-0.2, -0.15) is 0 Å². The average molecular weight is 271 g/mol. The van der Waals surface area contributed by atoms with Crippen molar-refractivity contribution >= 4 is 10.8 Å². The average Bonchev–Trinajstić information content (AvgIpc) is 2.48. The molecule has 1 unspecified atom stereocenters. The van der Waals surface area contributed by atoms with Crippen molar-refractivity contribution in [3.63, 3.8) is 0 Å². The standard InChI is InChI=1S/C18H25NO/c1-6-18(2,3)17(19-4)15-11-12-16(20-5)14-10-8-7-9-13(14)15/h7-12,17,19H,6H2,1-5H3. The van der Waals surface area contributed by atoms with Crippen molar-refractivity contribution in [2.75, 3.05) is 14.2 Å². The van der Waals surface area contributed by atoms with Gasteiger partial charge in [-0.25, -0.2) is 0 Å². The molecule has 0 saturated carbocycles. The summed E-state index contributed by atoms with van der Waals surface area (Å²) in [5.41, 5.74) is 1.54. The summed E-state index contributed by atoms with van der Waals surface area (Å²) in [5, 5.41) is 5.95. The van der Waals surface area contributed by atoms with Gasteiger partial charge in [0.25, 0.3) is 0 Å². The van der Waals surface area contributed by atoms with E-state index in [4.69, 9.17) is 4.74 Å². The third kappa shape index (κ3) is 2.53. The van der Waals surface area contributed by atoms with Crippen LogP contribution >= 0.6 is 0 Å². The first-order chi connectivity index (χ1) is 9.55. The van der Waals surface area contributed by atoms with E-state index in [2.05, 4.69) is 62.5 Å². The predicted octanol–water partition coefficient (Wildman–Crippen LogP) is 4.55. The minimum atomic E-state index is 0.201. The van der Waals surface area contributed by atoms with Crippen LogP contribution in [0, 0.1) is 5.41 Å². The quantitative estimate of drug-likeness (QED) is 0.861. The van der Waals surface area contributed by atoms with Crippen molar-refractivity contribution in [3.05, 3.63) is 42.0 Å². The molecule has 0 amide bonds. The molecule has 2 nitrogen and oxygen atoms in total. The van der Waals surface area contributed by atoms with E-state index in [1.165, 1.54) is 16.3 Å². The van der Waals surface area contributed by atoms with Gasteiger partial charge in [0.2, 0.25) is 0 Å². The number of benzene rings is 2. The highest BCUT2D eigenvalue weighted by Gasteiger charge is 2.29. The van der Waals surface area contributed by atoms with E-state index in [1.54, 1.807) is 7.11 Å². The maximum absolute atomic E-state index is 5.49. The molecule has 2 aromatic rings. The van der Waals surface area contributed by atoms with Crippen molar-refractivity contribution < 1.29 is 4.74 Å². The van der Waals surface area contributed by atoms with Crippen LogP contribution in [0.1, 0.15) is 38.8 Å². The van der Waals surface area contributed by atoms with Crippen LogP contribution in [0.5, 0.6) is 5.75 Å². The summed E-state index contributed by atoms with van der Waals surface area (Å²) in [4.78, 5) is 0. The maximum Gasteiger partial charge on any atom is 0.126 e. The second kappa shape index (κ2) is 5.84. The number of rotatable bonds is 5. The highest BCUT2D eigenvalue weighted by molar-refractivity contribution is 5.91. The van der Waals surface area contributed by atoms with Gasteiger partial charge in [0.15, 0.2) is 0 Å². The molecule has 0 aliphatic carbocycles. The number of nitrogens with one attached hydrogen (secondary N) is 1. The SMILES string of the molecule is CCC(C)(C)C(NC)c1ccc(OC)c2ccccc12. The zero-order chi connectivity index (χ0) is 14.8. The summed E-state index contributed by atoms with van der Waals surface area (Å²) in [5.74, 6) is 0.938. The minimum Gasteiger partial charge on any atom is -0.496 e. The summed E-state index contributed by atoms with van der Waals surface area (Å²) < 4.78 is 5.49. The summed E-state index contributed by atoms with van der Waals surface area (Å²) in [6.45, 7) is 6.87. The summed E-state index contributed by atoms with van der Waals surface area (Å²) >= 11 is 0. The van der Waals surface area contributed by atoms with Crippen LogP contribution in [-0.4, -0.2) is 14.2 Å². The second-order valence-electron chi connectivity index (χ2n) is 5.97. The molecule has 0 radical (unpaired) electrons. The van der Waals surface area contributed by atoms with Crippen molar-refractivity contribution in [2.24, 2.45) is 5.41 Å². The van der Waals surface area contributed by atoms with Gasteiger partial charge in [-0.05, 0) is 35.9 Å². The minimum absolute atomic E-state index is 0.201. The van der Waals surface area contributed by atoms with E-state index >= 15 is 0 Å². The molecule has 108 valence electrons. The van der Waals surface area contributed by atoms with Crippen LogP contribution in [0.4, 0.5) is 0 Å². The number of methoxy groups -OCH3 is 1. The smallest absolute Gasteiger partial charge is 0.126 e. The molecule has 0 heterocycles. The fourth-order valence-corrected chi connectivity index (χ4v) is 2.90. The van der Waals surface area contributed by atoms with E-state index in [9.17, 15) is 0 Å². The lowest BCUT2D eigenvalue weighted by Crippen LogP contribution is -2.31. The molecule has 1 atom stereocenters. The first kappa shape index (κ1) is 14.9. The molecule has 0 saturated heterocycles. The number of hydrogen-bond acceptors (Lipinski definition) is 2. The van der Waals surface area contributed by atoms with Crippen molar-refractivity contribution in [1.82, 2.24) is 5.32 Å². The lowest BCUT2D eigenvalue weighted by atomic mass is 9.77. The lowest BCUT2D eigenvalue weighted by molar-refractivity contribution is 0.246. The first-order valence-corrected chi connectivity index (χ1v) is 7.28. The Morgan fingerprint density at radius 2 is 1.75 bits per heavy atom. The fraction of sp³-hybridized carbons (Fsp3) is 0.444. The fourth-order valence-electron chi connectivity index (χ4n) is 2.90. The molecule has 0 bridgehead atoms. The van der Waals surface area contributed by atoms with Crippen molar-refractivity contribution in [1.29, 1.82) is 0 Å². The number of fused-ring (bicyclic) bond motifs is 1. The zero-order valence-corrected chi connectivity index (χ0v) is 13.2. The Balaban J connectivity index is 2.65. The van der Waals surface area contributed by atoms with E-state index in [1.807, 2.05) is 7.05 Å². The molecule has 0 spiro atoms. The highest BCUT2D eigenvalue weighted by atomic mass is 16.5. The normalized spacial score (nSPS) is 13.4. The Hall–Kier alpha value is -1.54. The van der Waals surface area contributed by atoms with Crippen LogP contribution < -0.4 is 10.1 Å². The van der Waals surface area contributed by atoms with Gasteiger partial charge in [-0.3, -0.25) is 0 Å². The van der Waals surface area contributed by atoms with Crippen LogP contribution in [0.2, 0.25) is 0 Å². The third-order valence-corrected chi connectivity index (χ3v) is 4.43. The van der Waals surface area contributed by atoms with Crippen molar-refractivity contribution in [2.45, 2.75) is 33.2 Å². The highest BCUT2D eigenvalue weighted by Crippen LogP contribution is 2.40. The van der Waals surface area contributed by atoms with Gasteiger partial charge in [-0.1, -0.05) is 51.1 Å². The Morgan fingerprint density at radius 1 is 1.10 bits per heavy atom. The molecule has 2 heteroatoms. The molecule has 2 rings (SSSR count). The molecule has 2 aromatic carbocycles. The second-order valence-corrected chi connectivity index (χ2v) is 5.97. The van der Waals surface area contributed by atoms with E-state index < -0.39 is 0 Å². The van der Waals surface area contributed by atoms with Gasteiger partial charge in [0, 0.05) is 11.4 Å². The topological polar surface area (TPSA) is 21.3 Å². The summed E-state index contributed by atoms with van der Waals surface area (Å²) in [6, 6.07) is 13.1. The van der Waals surface area contributed by atoms with Crippen LogP contribution in [-0.2, 0) is 0 Å². The van der Waals surface area contributed by atoms with Gasteiger partial charge < -0.3 is 10.1 Å². The monoisotopic (exact) mass is 271 g/mol. The molecule has 0 aliphatic rings. The summed E-state index contributed by atoms with van der Waals surface area (Å²) in [7, 11) is 3.77. The largest absolute Gasteiger partial charge is 0.496 e. The maximum atomic E-state index is 5.49. The molecule has 20 heavy (non-hydrogen) atoms. The van der Waals surface area contributed by atoms with Gasteiger partial charge in [0.05, 0.1) is 7.11 Å². The van der Waals surface area contributed by atoms with Crippen LogP contribution in [0.15, 0.2) is 36.4 Å². The van der Waals surface area contributed by atoms with Gasteiger partial charge >= 0.3 is 0 Å². The number of ether oxygens (including phenoxy) is 1. The number of hydrogen-bond donors (Lipinski definition) is 1. The Morgan fingerprint density at radius 3 is 2.30 bits per heavy atom. The Kier molecular flexibility index (Phi) is 4.34. The van der Waals surface area contributed by atoms with E-state index in [0.29, 0.717) is 6.04 Å². The molecule has 0 fully saturated rings. The molecular weight excluding hydrogens is 246 g/mol. The Labute approximate surface area is 122 Å².